The fraction of sp³-hybridized carbons (Fsp3) is 0.306. The largest absolute Gasteiger partial charge is 0.495 e. The average Bonchev–Trinajstić information content (AvgIpc) is 3.51. The first kappa shape index (κ1) is 34.3. The zero-order chi connectivity index (χ0) is 34.0. The van der Waals surface area contributed by atoms with Crippen LogP contribution >= 0.6 is 11.3 Å². The molecule has 1 unspecified atom stereocenters. The van der Waals surface area contributed by atoms with Gasteiger partial charge in [-0.05, 0) is 56.2 Å². The van der Waals surface area contributed by atoms with Gasteiger partial charge in [0.2, 0.25) is 11.8 Å². The van der Waals surface area contributed by atoms with Crippen LogP contribution in [0, 0.1) is 0 Å². The molecule has 11 nitrogen and oxygen atoms in total. The molecular weight excluding hydrogens is 629 g/mol. The molecule has 250 valence electrons. The lowest BCUT2D eigenvalue weighted by Gasteiger charge is -2.22. The number of rotatable bonds is 14. The van der Waals surface area contributed by atoms with Gasteiger partial charge in [-0.25, -0.2) is 9.97 Å². The molecule has 0 bridgehead atoms. The van der Waals surface area contributed by atoms with Crippen molar-refractivity contribution in [1.82, 2.24) is 20.6 Å². The van der Waals surface area contributed by atoms with E-state index in [1.165, 1.54) is 0 Å². The van der Waals surface area contributed by atoms with Crippen LogP contribution < -0.4 is 20.9 Å². The molecule has 3 N–H and O–H groups in total. The third-order valence-corrected chi connectivity index (χ3v) is 8.75. The summed E-state index contributed by atoms with van der Waals surface area (Å²) in [5, 5.41) is 9.29. The number of thiazole rings is 1. The molecule has 3 heterocycles. The Morgan fingerprint density at radius 2 is 1.81 bits per heavy atom. The number of nitrogens with zero attached hydrogens (tertiary/aromatic N) is 3. The van der Waals surface area contributed by atoms with Crippen molar-refractivity contribution in [2.24, 2.45) is 0 Å². The summed E-state index contributed by atoms with van der Waals surface area (Å²) in [4.78, 5) is 47.6. The first-order valence-corrected chi connectivity index (χ1v) is 16.6. The highest BCUT2D eigenvalue weighted by atomic mass is 32.1. The number of benzene rings is 2. The first-order chi connectivity index (χ1) is 23.2. The van der Waals surface area contributed by atoms with Gasteiger partial charge in [0.05, 0.1) is 29.0 Å². The molecule has 1 aliphatic heterocycles. The summed E-state index contributed by atoms with van der Waals surface area (Å²) in [7, 11) is 3.96. The molecule has 12 heteroatoms. The van der Waals surface area contributed by atoms with Crippen LogP contribution in [0.4, 0.5) is 11.5 Å². The SMILES string of the molecule is C/C=C\C(C(=O)NC1CCC(=O)NC1=O)=C(\C)OCCOCCNc1ccc2nc(-c3ccc(-c4ccc(N(C)C)nc4)cc3)sc2c1. The van der Waals surface area contributed by atoms with Crippen molar-refractivity contribution in [3.05, 3.63) is 84.3 Å². The lowest BCUT2D eigenvalue weighted by Crippen LogP contribution is -2.52. The number of hydrogen-bond donors (Lipinski definition) is 3. The molecule has 1 fully saturated rings. The maximum Gasteiger partial charge on any atom is 0.255 e. The van der Waals surface area contributed by atoms with Gasteiger partial charge < -0.3 is 25.0 Å². The molecule has 5 rings (SSSR count). The molecule has 1 aliphatic rings. The molecule has 0 saturated carbocycles. The average molecular weight is 669 g/mol. The molecule has 0 spiro atoms. The van der Waals surface area contributed by atoms with E-state index in [9.17, 15) is 14.4 Å². The van der Waals surface area contributed by atoms with Gasteiger partial charge in [0, 0.05) is 50.1 Å². The van der Waals surface area contributed by atoms with Crippen molar-refractivity contribution in [2.75, 3.05) is 50.7 Å². The zero-order valence-corrected chi connectivity index (χ0v) is 28.4. The summed E-state index contributed by atoms with van der Waals surface area (Å²) in [5.41, 5.74) is 5.50. The van der Waals surface area contributed by atoms with Crippen LogP contribution in [0.25, 0.3) is 31.9 Å². The molecule has 2 aromatic heterocycles. The molecular formula is C36H40N6O5S. The standard InChI is InChI=1S/C36H40N6O5S/c1-5-6-28(34(44)39-30-14-16-33(43)41-35(30)45)23(2)47-20-19-46-18-17-37-27-12-13-29-31(21-27)48-36(40-29)25-9-7-24(8-10-25)26-11-15-32(38-22-26)42(3)4/h5-13,15,21-22,30,37H,14,16-20H2,1-4H3,(H,39,44)(H,41,43,45)/b6-5-,28-23+. The third kappa shape index (κ3) is 8.84. The molecule has 1 saturated heterocycles. The Balaban J connectivity index is 1.06. The second-order valence-electron chi connectivity index (χ2n) is 11.4. The third-order valence-electron chi connectivity index (χ3n) is 7.68. The normalized spacial score (nSPS) is 15.3. The number of pyridine rings is 1. The van der Waals surface area contributed by atoms with Crippen molar-refractivity contribution < 1.29 is 23.9 Å². The molecule has 0 aliphatic carbocycles. The second kappa shape index (κ2) is 16.2. The Morgan fingerprint density at radius 1 is 1.04 bits per heavy atom. The van der Waals surface area contributed by atoms with Gasteiger partial charge in [0.25, 0.3) is 5.91 Å². The van der Waals surface area contributed by atoms with Gasteiger partial charge in [-0.3, -0.25) is 19.7 Å². The van der Waals surface area contributed by atoms with Gasteiger partial charge >= 0.3 is 0 Å². The number of fused-ring (bicyclic) bond motifs is 1. The number of imide groups is 1. The van der Waals surface area contributed by atoms with Crippen LogP contribution in [-0.2, 0) is 23.9 Å². The van der Waals surface area contributed by atoms with Crippen LogP contribution in [0.15, 0.2) is 84.3 Å². The highest BCUT2D eigenvalue weighted by Gasteiger charge is 2.28. The smallest absolute Gasteiger partial charge is 0.255 e. The van der Waals surface area contributed by atoms with E-state index in [1.54, 1.807) is 37.3 Å². The fourth-order valence-electron chi connectivity index (χ4n) is 5.07. The van der Waals surface area contributed by atoms with Gasteiger partial charge in [-0.2, -0.15) is 0 Å². The number of ether oxygens (including phenoxy) is 2. The van der Waals surface area contributed by atoms with E-state index in [0.29, 0.717) is 31.1 Å². The van der Waals surface area contributed by atoms with Crippen molar-refractivity contribution >= 4 is 50.8 Å². The Bertz CT molecular complexity index is 1810. The predicted molar refractivity (Wildman–Crippen MR) is 190 cm³/mol. The van der Waals surface area contributed by atoms with Crippen LogP contribution in [0.5, 0.6) is 0 Å². The summed E-state index contributed by atoms with van der Waals surface area (Å²) < 4.78 is 12.6. The maximum atomic E-state index is 12.8. The second-order valence-corrected chi connectivity index (χ2v) is 12.4. The van der Waals surface area contributed by atoms with Crippen molar-refractivity contribution in [3.8, 4) is 21.7 Å². The Morgan fingerprint density at radius 3 is 2.52 bits per heavy atom. The lowest BCUT2D eigenvalue weighted by atomic mass is 10.1. The molecule has 2 aromatic carbocycles. The molecule has 1 atom stereocenters. The van der Waals surface area contributed by atoms with E-state index in [-0.39, 0.29) is 25.4 Å². The van der Waals surface area contributed by atoms with Crippen LogP contribution in [0.1, 0.15) is 26.7 Å². The summed E-state index contributed by atoms with van der Waals surface area (Å²) >= 11 is 1.65. The summed E-state index contributed by atoms with van der Waals surface area (Å²) in [5.74, 6) is 0.0691. The highest BCUT2D eigenvalue weighted by Crippen LogP contribution is 2.33. The van der Waals surface area contributed by atoms with Crippen LogP contribution in [0.3, 0.4) is 0 Å². The number of aromatic nitrogens is 2. The minimum atomic E-state index is -0.758. The van der Waals surface area contributed by atoms with E-state index >= 15 is 0 Å². The number of allylic oxidation sites excluding steroid dienone is 2. The number of anilines is 2. The lowest BCUT2D eigenvalue weighted by molar-refractivity contribution is -0.136. The van der Waals surface area contributed by atoms with E-state index < -0.39 is 17.9 Å². The summed E-state index contributed by atoms with van der Waals surface area (Å²) in [6.45, 7) is 5.16. The van der Waals surface area contributed by atoms with Crippen molar-refractivity contribution in [2.45, 2.75) is 32.7 Å². The quantitative estimate of drug-likeness (QED) is 0.0538. The predicted octanol–water partition coefficient (Wildman–Crippen LogP) is 5.31. The molecule has 48 heavy (non-hydrogen) atoms. The van der Waals surface area contributed by atoms with Crippen molar-refractivity contribution in [3.63, 3.8) is 0 Å². The van der Waals surface area contributed by atoms with Gasteiger partial charge in [-0.15, -0.1) is 11.3 Å². The monoisotopic (exact) mass is 668 g/mol. The number of carbonyl (C=O) groups is 3. The fourth-order valence-corrected chi connectivity index (χ4v) is 6.08. The Hall–Kier alpha value is -5.07. The topological polar surface area (TPSA) is 135 Å². The summed E-state index contributed by atoms with van der Waals surface area (Å²) in [6, 6.07) is 17.9. The van der Waals surface area contributed by atoms with Gasteiger partial charge in [-0.1, -0.05) is 36.4 Å². The number of carbonyl (C=O) groups excluding carboxylic acids is 3. The minimum Gasteiger partial charge on any atom is -0.495 e. The van der Waals surface area contributed by atoms with E-state index in [1.807, 2.05) is 43.4 Å². The van der Waals surface area contributed by atoms with Crippen LogP contribution in [-0.4, -0.2) is 74.2 Å². The van der Waals surface area contributed by atoms with Gasteiger partial charge in [0.1, 0.15) is 29.2 Å². The summed E-state index contributed by atoms with van der Waals surface area (Å²) in [6.07, 6.45) is 5.70. The maximum absolute atomic E-state index is 12.8. The minimum absolute atomic E-state index is 0.184. The first-order valence-electron chi connectivity index (χ1n) is 15.8. The van der Waals surface area contributed by atoms with E-state index in [4.69, 9.17) is 14.5 Å². The van der Waals surface area contributed by atoms with Crippen LogP contribution in [0.2, 0.25) is 0 Å². The van der Waals surface area contributed by atoms with Crippen molar-refractivity contribution in [1.29, 1.82) is 0 Å². The molecule has 4 aromatic rings. The zero-order valence-electron chi connectivity index (χ0n) is 27.5. The Kier molecular flexibility index (Phi) is 11.5. The van der Waals surface area contributed by atoms with E-state index in [2.05, 4.69) is 57.3 Å². The molecule has 3 amide bonds. The number of amides is 3. The number of nitrogens with one attached hydrogen (secondary N) is 3. The van der Waals surface area contributed by atoms with Gasteiger partial charge in [0.15, 0.2) is 0 Å². The Labute approximate surface area is 284 Å². The number of piperidine rings is 1. The number of hydrogen-bond acceptors (Lipinski definition) is 10. The highest BCUT2D eigenvalue weighted by molar-refractivity contribution is 7.21. The van der Waals surface area contributed by atoms with E-state index in [0.717, 1.165) is 43.4 Å². The molecule has 0 radical (unpaired) electrons.